The highest BCUT2D eigenvalue weighted by Gasteiger charge is 2.23. The molecular weight excluding hydrogens is 286 g/mol. The number of imidazole rings is 1. The van der Waals surface area contributed by atoms with Gasteiger partial charge >= 0.3 is 0 Å². The van der Waals surface area contributed by atoms with E-state index >= 15 is 0 Å². The number of carbonyl (C=O) groups excluding carboxylic acids is 1. The zero-order valence-electron chi connectivity index (χ0n) is 12.4. The van der Waals surface area contributed by atoms with Gasteiger partial charge in [0.05, 0.1) is 5.57 Å². The van der Waals surface area contributed by atoms with Gasteiger partial charge in [-0.25, -0.2) is 4.98 Å². The lowest BCUT2D eigenvalue weighted by atomic mass is 10.1. The van der Waals surface area contributed by atoms with Crippen molar-refractivity contribution >= 4 is 23.2 Å². The van der Waals surface area contributed by atoms with Crippen LogP contribution >= 0.6 is 0 Å². The summed E-state index contributed by atoms with van der Waals surface area (Å²) in [5.41, 5.74) is 3.62. The van der Waals surface area contributed by atoms with E-state index in [1.54, 1.807) is 6.20 Å². The Morgan fingerprint density at radius 2 is 1.83 bits per heavy atom. The van der Waals surface area contributed by atoms with Crippen molar-refractivity contribution in [2.24, 2.45) is 0 Å². The van der Waals surface area contributed by atoms with Gasteiger partial charge in [0.2, 0.25) is 0 Å². The summed E-state index contributed by atoms with van der Waals surface area (Å²) in [6.45, 7) is 0.725. The van der Waals surface area contributed by atoms with Crippen molar-refractivity contribution in [3.63, 3.8) is 0 Å². The second-order valence-corrected chi connectivity index (χ2v) is 5.46. The molecule has 1 N–H and O–H groups in total. The molecule has 0 fully saturated rings. The van der Waals surface area contributed by atoms with Crippen molar-refractivity contribution in [1.29, 1.82) is 0 Å². The maximum atomic E-state index is 12.2. The summed E-state index contributed by atoms with van der Waals surface area (Å²) < 4.78 is 2.04. The number of nitrogens with zero attached hydrogens (tertiary/aromatic N) is 2. The molecule has 0 spiro atoms. The van der Waals surface area contributed by atoms with Crippen LogP contribution in [0.5, 0.6) is 0 Å². The molecule has 0 atom stereocenters. The fraction of sp³-hybridized carbons (Fsp3) is 0.0526. The van der Waals surface area contributed by atoms with Crippen LogP contribution in [0.4, 0.5) is 5.69 Å². The summed E-state index contributed by atoms with van der Waals surface area (Å²) in [4.78, 5) is 16.6. The van der Waals surface area contributed by atoms with Gasteiger partial charge < -0.3 is 9.88 Å². The first-order chi connectivity index (χ1) is 11.3. The summed E-state index contributed by atoms with van der Waals surface area (Å²) in [6.07, 6.45) is 5.54. The minimum Gasteiger partial charge on any atom is -0.327 e. The number of para-hydroxylation sites is 1. The van der Waals surface area contributed by atoms with Crippen molar-refractivity contribution in [3.05, 3.63) is 83.9 Å². The van der Waals surface area contributed by atoms with Gasteiger partial charge in [-0.15, -0.1) is 0 Å². The number of benzene rings is 2. The Hall–Kier alpha value is -3.14. The van der Waals surface area contributed by atoms with Crippen molar-refractivity contribution in [2.45, 2.75) is 6.54 Å². The molecule has 2 aromatic carbocycles. The average Bonchev–Trinajstić information content (AvgIpc) is 3.14. The number of anilines is 1. The quantitative estimate of drug-likeness (QED) is 0.753. The van der Waals surface area contributed by atoms with Gasteiger partial charge in [-0.05, 0) is 17.7 Å². The van der Waals surface area contributed by atoms with Crippen LogP contribution in [0, 0.1) is 0 Å². The topological polar surface area (TPSA) is 46.9 Å². The van der Waals surface area contributed by atoms with E-state index in [4.69, 9.17) is 0 Å². The van der Waals surface area contributed by atoms with E-state index in [1.807, 2.05) is 59.3 Å². The number of rotatable bonds is 3. The third kappa shape index (κ3) is 2.55. The third-order valence-electron chi connectivity index (χ3n) is 3.93. The van der Waals surface area contributed by atoms with Crippen LogP contribution in [0.1, 0.15) is 17.0 Å². The van der Waals surface area contributed by atoms with E-state index in [-0.39, 0.29) is 5.91 Å². The Balaban J connectivity index is 1.70. The molecular formula is C19H15N3O. The molecule has 1 amide bonds. The molecule has 112 valence electrons. The number of aromatic nitrogens is 2. The van der Waals surface area contributed by atoms with Crippen LogP contribution < -0.4 is 5.32 Å². The molecule has 0 saturated carbocycles. The van der Waals surface area contributed by atoms with Crippen LogP contribution in [-0.2, 0) is 11.3 Å². The van der Waals surface area contributed by atoms with Gasteiger partial charge in [-0.2, -0.15) is 0 Å². The van der Waals surface area contributed by atoms with Crippen LogP contribution in [0.15, 0.2) is 67.0 Å². The van der Waals surface area contributed by atoms with Crippen LogP contribution in [-0.4, -0.2) is 15.5 Å². The molecule has 0 bridgehead atoms. The lowest BCUT2D eigenvalue weighted by Crippen LogP contribution is -2.05. The van der Waals surface area contributed by atoms with Gasteiger partial charge in [0, 0.05) is 30.2 Å². The second kappa shape index (κ2) is 5.57. The molecule has 0 aliphatic carbocycles. The van der Waals surface area contributed by atoms with Crippen molar-refractivity contribution in [1.82, 2.24) is 9.55 Å². The third-order valence-corrected chi connectivity index (χ3v) is 3.93. The number of nitrogens with one attached hydrogen (secondary N) is 1. The Kier molecular flexibility index (Phi) is 3.27. The standard InChI is InChI=1S/C19H15N3O/c23-19-16(15-8-4-5-9-17(15)21-19)12-18-20-10-11-22(18)13-14-6-2-1-3-7-14/h1-12H,13H2,(H,21,23)/b16-12-. The lowest BCUT2D eigenvalue weighted by molar-refractivity contribution is -0.110. The molecule has 3 aromatic rings. The number of hydrogen-bond donors (Lipinski definition) is 1. The van der Waals surface area contributed by atoms with Gasteiger partial charge in [0.25, 0.3) is 5.91 Å². The van der Waals surface area contributed by atoms with Gasteiger partial charge in [0.1, 0.15) is 5.82 Å². The predicted molar refractivity (Wildman–Crippen MR) is 90.7 cm³/mol. The van der Waals surface area contributed by atoms with E-state index < -0.39 is 0 Å². The van der Waals surface area contributed by atoms with Crippen LogP contribution in [0.3, 0.4) is 0 Å². The van der Waals surface area contributed by atoms with E-state index in [0.29, 0.717) is 5.57 Å². The van der Waals surface area contributed by atoms with Gasteiger partial charge in [0.15, 0.2) is 0 Å². The lowest BCUT2D eigenvalue weighted by Gasteiger charge is -2.06. The highest BCUT2D eigenvalue weighted by molar-refractivity contribution is 6.34. The van der Waals surface area contributed by atoms with Crippen molar-refractivity contribution in [2.75, 3.05) is 5.32 Å². The molecule has 1 aromatic heterocycles. The normalized spacial score (nSPS) is 14.8. The zero-order chi connectivity index (χ0) is 15.6. The minimum atomic E-state index is -0.0829. The molecule has 4 heteroatoms. The first-order valence-corrected chi connectivity index (χ1v) is 7.49. The largest absolute Gasteiger partial charge is 0.327 e. The molecule has 4 rings (SSSR count). The first-order valence-electron chi connectivity index (χ1n) is 7.49. The Labute approximate surface area is 134 Å². The summed E-state index contributed by atoms with van der Waals surface area (Å²) in [7, 11) is 0. The number of fused-ring (bicyclic) bond motifs is 1. The van der Waals surface area contributed by atoms with E-state index in [0.717, 1.165) is 23.6 Å². The highest BCUT2D eigenvalue weighted by Crippen LogP contribution is 2.32. The maximum absolute atomic E-state index is 12.2. The summed E-state index contributed by atoms with van der Waals surface area (Å²) in [5, 5.41) is 2.88. The zero-order valence-corrected chi connectivity index (χ0v) is 12.4. The Morgan fingerprint density at radius 1 is 1.04 bits per heavy atom. The van der Waals surface area contributed by atoms with E-state index in [9.17, 15) is 4.79 Å². The van der Waals surface area contributed by atoms with Gasteiger partial charge in [-0.1, -0.05) is 48.5 Å². The van der Waals surface area contributed by atoms with Crippen molar-refractivity contribution < 1.29 is 4.79 Å². The molecule has 0 radical (unpaired) electrons. The summed E-state index contributed by atoms with van der Waals surface area (Å²) in [5.74, 6) is 0.691. The molecule has 1 aliphatic rings. The van der Waals surface area contributed by atoms with Crippen LogP contribution in [0.2, 0.25) is 0 Å². The van der Waals surface area contributed by atoms with Crippen molar-refractivity contribution in [3.8, 4) is 0 Å². The molecule has 23 heavy (non-hydrogen) atoms. The maximum Gasteiger partial charge on any atom is 0.256 e. The smallest absolute Gasteiger partial charge is 0.256 e. The predicted octanol–water partition coefficient (Wildman–Crippen LogP) is 3.42. The SMILES string of the molecule is O=C1Nc2ccccc2/C1=C/c1nccn1Cc1ccccc1. The van der Waals surface area contributed by atoms with Crippen LogP contribution in [0.25, 0.3) is 11.6 Å². The number of hydrogen-bond acceptors (Lipinski definition) is 2. The summed E-state index contributed by atoms with van der Waals surface area (Å²) in [6, 6.07) is 17.9. The molecule has 2 heterocycles. The monoisotopic (exact) mass is 301 g/mol. The second-order valence-electron chi connectivity index (χ2n) is 5.46. The van der Waals surface area contributed by atoms with E-state index in [2.05, 4.69) is 22.4 Å². The fourth-order valence-corrected chi connectivity index (χ4v) is 2.79. The number of carbonyl (C=O) groups is 1. The Morgan fingerprint density at radius 3 is 2.70 bits per heavy atom. The van der Waals surface area contributed by atoms with E-state index in [1.165, 1.54) is 5.56 Å². The average molecular weight is 301 g/mol. The first kappa shape index (κ1) is 13.5. The molecule has 1 aliphatic heterocycles. The minimum absolute atomic E-state index is 0.0829. The number of amides is 1. The molecule has 0 unspecified atom stereocenters. The van der Waals surface area contributed by atoms with Gasteiger partial charge in [-0.3, -0.25) is 4.79 Å². The summed E-state index contributed by atoms with van der Waals surface area (Å²) >= 11 is 0. The molecule has 0 saturated heterocycles. The Bertz CT molecular complexity index is 894. The fourth-order valence-electron chi connectivity index (χ4n) is 2.79. The molecule has 4 nitrogen and oxygen atoms in total. The highest BCUT2D eigenvalue weighted by atomic mass is 16.2.